The zero-order chi connectivity index (χ0) is 19.3. The zero-order valence-corrected chi connectivity index (χ0v) is 16.3. The number of aryl methyl sites for hydroxylation is 1. The van der Waals surface area contributed by atoms with E-state index in [0.717, 1.165) is 24.9 Å². The molecule has 0 aliphatic carbocycles. The van der Waals surface area contributed by atoms with Crippen molar-refractivity contribution in [2.24, 2.45) is 0 Å². The summed E-state index contributed by atoms with van der Waals surface area (Å²) in [7, 11) is 1.95. The molecule has 0 unspecified atom stereocenters. The molecular weight excluding hydrogens is 338 g/mol. The van der Waals surface area contributed by atoms with E-state index in [-0.39, 0.29) is 5.91 Å². The Kier molecular flexibility index (Phi) is 6.24. The van der Waals surface area contributed by atoms with Crippen molar-refractivity contribution in [1.82, 2.24) is 14.8 Å². The molecule has 0 bridgehead atoms. The molecule has 0 spiro atoms. The summed E-state index contributed by atoms with van der Waals surface area (Å²) < 4.78 is 0. The Morgan fingerprint density at radius 3 is 2.78 bits per heavy atom. The Hall–Kier alpha value is -2.24. The van der Waals surface area contributed by atoms with Gasteiger partial charge in [-0.25, -0.2) is 0 Å². The molecule has 1 N–H and O–H groups in total. The molecule has 2 heterocycles. The van der Waals surface area contributed by atoms with Crippen LogP contribution in [0.15, 0.2) is 48.8 Å². The highest BCUT2D eigenvalue weighted by Gasteiger charge is 2.42. The molecular formula is C22H29N3O2. The number of nitrogens with zero attached hydrogens (tertiary/aromatic N) is 3. The highest BCUT2D eigenvalue weighted by atomic mass is 16.3. The van der Waals surface area contributed by atoms with Crippen molar-refractivity contribution in [3.05, 3.63) is 65.5 Å². The maximum absolute atomic E-state index is 13.0. The first-order chi connectivity index (χ1) is 13.0. The van der Waals surface area contributed by atoms with Gasteiger partial charge in [0, 0.05) is 38.6 Å². The molecule has 0 radical (unpaired) electrons. The monoisotopic (exact) mass is 367 g/mol. The van der Waals surface area contributed by atoms with Crippen LogP contribution in [0.25, 0.3) is 0 Å². The van der Waals surface area contributed by atoms with Gasteiger partial charge < -0.3 is 10.0 Å². The number of likely N-dealkylation sites (tertiary alicyclic amines) is 1. The second-order valence-corrected chi connectivity index (χ2v) is 7.64. The van der Waals surface area contributed by atoms with Crippen molar-refractivity contribution in [2.45, 2.75) is 38.3 Å². The third kappa shape index (κ3) is 4.93. The van der Waals surface area contributed by atoms with Crippen LogP contribution < -0.4 is 0 Å². The second kappa shape index (κ2) is 8.63. The third-order valence-corrected chi connectivity index (χ3v) is 5.33. The number of hydrogen-bond acceptors (Lipinski definition) is 4. The van der Waals surface area contributed by atoms with Gasteiger partial charge in [0.2, 0.25) is 0 Å². The van der Waals surface area contributed by atoms with Gasteiger partial charge in [-0.1, -0.05) is 30.3 Å². The molecule has 2 aromatic rings. The van der Waals surface area contributed by atoms with Gasteiger partial charge in [0.15, 0.2) is 5.60 Å². The summed E-state index contributed by atoms with van der Waals surface area (Å²) in [5.41, 5.74) is 2.20. The van der Waals surface area contributed by atoms with Crippen molar-refractivity contribution in [2.75, 3.05) is 26.7 Å². The predicted octanol–water partition coefficient (Wildman–Crippen LogP) is 2.42. The second-order valence-electron chi connectivity index (χ2n) is 7.64. The van der Waals surface area contributed by atoms with Gasteiger partial charge in [-0.15, -0.1) is 0 Å². The SMILES string of the molecule is Cc1cnccc1CN(C)C[C@@]1(O)CCCN(CCc2ccccc2)C1=O. The fourth-order valence-corrected chi connectivity index (χ4v) is 3.81. The molecule has 0 saturated carbocycles. The van der Waals surface area contributed by atoms with E-state index in [1.807, 2.05) is 54.2 Å². The third-order valence-electron chi connectivity index (χ3n) is 5.33. The van der Waals surface area contributed by atoms with Crippen LogP contribution in [0.1, 0.15) is 29.5 Å². The summed E-state index contributed by atoms with van der Waals surface area (Å²) in [5, 5.41) is 11.1. The highest BCUT2D eigenvalue weighted by Crippen LogP contribution is 2.24. The summed E-state index contributed by atoms with van der Waals surface area (Å²) >= 11 is 0. The smallest absolute Gasteiger partial charge is 0.255 e. The molecule has 1 saturated heterocycles. The van der Waals surface area contributed by atoms with Gasteiger partial charge >= 0.3 is 0 Å². The number of rotatable bonds is 7. The number of carbonyl (C=O) groups excluding carboxylic acids is 1. The lowest BCUT2D eigenvalue weighted by atomic mass is 9.90. The molecule has 1 aliphatic heterocycles. The van der Waals surface area contributed by atoms with Crippen LogP contribution in [0.3, 0.4) is 0 Å². The quantitative estimate of drug-likeness (QED) is 0.817. The Morgan fingerprint density at radius 2 is 2.04 bits per heavy atom. The van der Waals surface area contributed by atoms with E-state index in [4.69, 9.17) is 0 Å². The number of benzene rings is 1. The van der Waals surface area contributed by atoms with E-state index in [1.54, 1.807) is 6.20 Å². The summed E-state index contributed by atoms with van der Waals surface area (Å²) in [5.74, 6) is -0.136. The topological polar surface area (TPSA) is 56.7 Å². The summed E-state index contributed by atoms with van der Waals surface area (Å²) in [6, 6.07) is 12.2. The number of likely N-dealkylation sites (N-methyl/N-ethyl adjacent to an activating group) is 1. The molecule has 1 atom stereocenters. The number of carbonyl (C=O) groups is 1. The molecule has 1 aromatic carbocycles. The lowest BCUT2D eigenvalue weighted by Gasteiger charge is -2.40. The van der Waals surface area contributed by atoms with Crippen molar-refractivity contribution in [1.29, 1.82) is 0 Å². The molecule has 5 heteroatoms. The van der Waals surface area contributed by atoms with Gasteiger partial charge in [0.25, 0.3) is 5.91 Å². The summed E-state index contributed by atoms with van der Waals surface area (Å²) in [4.78, 5) is 20.9. The van der Waals surface area contributed by atoms with Crippen molar-refractivity contribution < 1.29 is 9.90 Å². The van der Waals surface area contributed by atoms with Gasteiger partial charge in [-0.3, -0.25) is 14.7 Å². The van der Waals surface area contributed by atoms with Crippen LogP contribution in [-0.4, -0.2) is 58.1 Å². The normalized spacial score (nSPS) is 20.3. The highest BCUT2D eigenvalue weighted by molar-refractivity contribution is 5.86. The van der Waals surface area contributed by atoms with E-state index in [0.29, 0.717) is 26.1 Å². The Morgan fingerprint density at radius 1 is 1.26 bits per heavy atom. The predicted molar refractivity (Wildman–Crippen MR) is 106 cm³/mol. The molecule has 3 rings (SSSR count). The maximum atomic E-state index is 13.0. The lowest BCUT2D eigenvalue weighted by Crippen LogP contribution is -2.58. The van der Waals surface area contributed by atoms with E-state index < -0.39 is 5.60 Å². The van der Waals surface area contributed by atoms with Gasteiger partial charge in [-0.2, -0.15) is 0 Å². The Labute approximate surface area is 161 Å². The van der Waals surface area contributed by atoms with Crippen LogP contribution >= 0.6 is 0 Å². The molecule has 1 fully saturated rings. The van der Waals surface area contributed by atoms with Crippen molar-refractivity contribution >= 4 is 5.91 Å². The minimum absolute atomic E-state index is 0.136. The lowest BCUT2D eigenvalue weighted by molar-refractivity contribution is -0.159. The average Bonchev–Trinajstić information content (AvgIpc) is 2.66. The van der Waals surface area contributed by atoms with Gasteiger partial charge in [0.05, 0.1) is 0 Å². The van der Waals surface area contributed by atoms with Crippen molar-refractivity contribution in [3.63, 3.8) is 0 Å². The average molecular weight is 367 g/mol. The Balaban J connectivity index is 1.60. The molecule has 5 nitrogen and oxygen atoms in total. The maximum Gasteiger partial charge on any atom is 0.255 e. The first kappa shape index (κ1) is 19.5. The number of piperidine rings is 1. The zero-order valence-electron chi connectivity index (χ0n) is 16.3. The fourth-order valence-electron chi connectivity index (χ4n) is 3.81. The van der Waals surface area contributed by atoms with E-state index >= 15 is 0 Å². The van der Waals surface area contributed by atoms with Crippen LogP contribution in [0.5, 0.6) is 0 Å². The Bertz CT molecular complexity index is 765. The largest absolute Gasteiger partial charge is 0.379 e. The molecule has 27 heavy (non-hydrogen) atoms. The minimum atomic E-state index is -1.30. The number of aliphatic hydroxyl groups is 1. The molecule has 144 valence electrons. The number of hydrogen-bond donors (Lipinski definition) is 1. The van der Waals surface area contributed by atoms with E-state index in [2.05, 4.69) is 17.1 Å². The number of aromatic nitrogens is 1. The van der Waals surface area contributed by atoms with E-state index in [9.17, 15) is 9.90 Å². The molecule has 1 aromatic heterocycles. The summed E-state index contributed by atoms with van der Waals surface area (Å²) in [6.07, 6.45) is 5.79. The number of amides is 1. The standard InChI is InChI=1S/C22H29N3O2/c1-18-15-23-12-9-20(18)16-24(2)17-22(27)11-6-13-25(21(22)26)14-10-19-7-4-3-5-8-19/h3-5,7-9,12,15,27H,6,10-11,13-14,16-17H2,1-2H3/t22-/m0/s1. The first-order valence-electron chi connectivity index (χ1n) is 9.62. The summed E-state index contributed by atoms with van der Waals surface area (Å²) in [6.45, 7) is 4.44. The molecule has 1 amide bonds. The van der Waals surface area contributed by atoms with Crippen LogP contribution in [-0.2, 0) is 17.8 Å². The minimum Gasteiger partial charge on any atom is -0.379 e. The van der Waals surface area contributed by atoms with Crippen LogP contribution in [0.4, 0.5) is 0 Å². The van der Waals surface area contributed by atoms with Crippen molar-refractivity contribution in [3.8, 4) is 0 Å². The van der Waals surface area contributed by atoms with Crippen LogP contribution in [0, 0.1) is 6.92 Å². The van der Waals surface area contributed by atoms with E-state index in [1.165, 1.54) is 11.1 Å². The van der Waals surface area contributed by atoms with Crippen LogP contribution in [0.2, 0.25) is 0 Å². The first-order valence-corrected chi connectivity index (χ1v) is 9.62. The fraction of sp³-hybridized carbons (Fsp3) is 0.455. The van der Waals surface area contributed by atoms with Gasteiger partial charge in [0.1, 0.15) is 0 Å². The molecule has 1 aliphatic rings. The number of pyridine rings is 1. The van der Waals surface area contributed by atoms with Gasteiger partial charge in [-0.05, 0) is 56.0 Å².